The minimum Gasteiger partial charge on any atom is -0.507 e. The lowest BCUT2D eigenvalue weighted by Gasteiger charge is -2.26. The molecule has 3 nitrogen and oxygen atoms in total. The molecule has 0 amide bonds. The van der Waals surface area contributed by atoms with E-state index < -0.39 is 5.97 Å². The second-order valence-electron chi connectivity index (χ2n) is 6.73. The van der Waals surface area contributed by atoms with Crippen molar-refractivity contribution < 1.29 is 15.0 Å². The van der Waals surface area contributed by atoms with Gasteiger partial charge in [0.25, 0.3) is 0 Å². The van der Waals surface area contributed by atoms with Gasteiger partial charge in [-0.2, -0.15) is 0 Å². The van der Waals surface area contributed by atoms with E-state index in [0.29, 0.717) is 5.56 Å². The summed E-state index contributed by atoms with van der Waals surface area (Å²) >= 11 is 0. The van der Waals surface area contributed by atoms with Crippen LogP contribution in [0, 0.1) is 0 Å². The van der Waals surface area contributed by atoms with Gasteiger partial charge < -0.3 is 10.2 Å². The maximum absolute atomic E-state index is 11.2. The van der Waals surface area contributed by atoms with Gasteiger partial charge in [-0.1, -0.05) is 47.6 Å². The van der Waals surface area contributed by atoms with Crippen LogP contribution < -0.4 is 0 Å². The number of hydrogen-bond donors (Lipinski definition) is 2. The molecule has 0 heterocycles. The number of carbonyl (C=O) groups is 1. The standard InChI is InChI=1S/C15H22O3.Al.3H/c1-14(2,3)9-7-10(13(17)18)12(16)11(8-9)15(4,5)6;;;;/h7-8,16H,1-6H3,(H,17,18);;;;. The van der Waals surface area contributed by atoms with Crippen molar-refractivity contribution in [3.05, 3.63) is 28.8 Å². The Labute approximate surface area is 125 Å². The molecule has 0 atom stereocenters. The first-order valence-electron chi connectivity index (χ1n) is 6.06. The highest BCUT2D eigenvalue weighted by molar-refractivity contribution is 5.91. The fraction of sp³-hybridized carbons (Fsp3) is 0.533. The Bertz CT molecular complexity index is 479. The van der Waals surface area contributed by atoms with Crippen LogP contribution in [0.25, 0.3) is 0 Å². The first kappa shape index (κ1) is 18.0. The number of benzene rings is 1. The van der Waals surface area contributed by atoms with Crippen LogP contribution in [-0.4, -0.2) is 33.5 Å². The number of aromatic carboxylic acids is 1. The van der Waals surface area contributed by atoms with Crippen LogP contribution in [0.3, 0.4) is 0 Å². The molecule has 0 saturated carbocycles. The SMILES string of the molecule is CC(C)(C)c1cc(C(=O)O)c(O)c(C(C)(C)C)c1.[AlH3]. The summed E-state index contributed by atoms with van der Waals surface area (Å²) in [6, 6.07) is 3.47. The fourth-order valence-electron chi connectivity index (χ4n) is 1.80. The third-order valence-corrected chi connectivity index (χ3v) is 3.01. The molecule has 0 aliphatic carbocycles. The van der Waals surface area contributed by atoms with E-state index in [1.165, 1.54) is 0 Å². The average molecular weight is 280 g/mol. The molecule has 0 radical (unpaired) electrons. The van der Waals surface area contributed by atoms with Gasteiger partial charge in [-0.05, 0) is 22.5 Å². The summed E-state index contributed by atoms with van der Waals surface area (Å²) in [5.41, 5.74) is 1.12. The van der Waals surface area contributed by atoms with E-state index in [1.54, 1.807) is 6.07 Å². The van der Waals surface area contributed by atoms with Crippen molar-refractivity contribution in [2.75, 3.05) is 0 Å². The molecule has 0 spiro atoms. The van der Waals surface area contributed by atoms with E-state index >= 15 is 0 Å². The van der Waals surface area contributed by atoms with Gasteiger partial charge in [-0.15, -0.1) is 0 Å². The van der Waals surface area contributed by atoms with Crippen LogP contribution in [0.15, 0.2) is 12.1 Å². The van der Waals surface area contributed by atoms with Crippen LogP contribution in [0.2, 0.25) is 0 Å². The van der Waals surface area contributed by atoms with E-state index in [2.05, 4.69) is 0 Å². The Morgan fingerprint density at radius 2 is 1.47 bits per heavy atom. The van der Waals surface area contributed by atoms with Gasteiger partial charge in [0, 0.05) is 5.56 Å². The molecule has 106 valence electrons. The lowest BCUT2D eigenvalue weighted by Crippen LogP contribution is -2.18. The second-order valence-corrected chi connectivity index (χ2v) is 6.73. The Morgan fingerprint density at radius 1 is 1.00 bits per heavy atom. The molecule has 0 fully saturated rings. The molecule has 1 aromatic carbocycles. The van der Waals surface area contributed by atoms with Crippen LogP contribution in [-0.2, 0) is 10.8 Å². The molecular formula is C15H25AlO3. The van der Waals surface area contributed by atoms with Crippen LogP contribution in [0.1, 0.15) is 63.0 Å². The average Bonchev–Trinajstić information content (AvgIpc) is 2.13. The highest BCUT2D eigenvalue weighted by Crippen LogP contribution is 2.37. The van der Waals surface area contributed by atoms with Crippen LogP contribution in [0.4, 0.5) is 0 Å². The van der Waals surface area contributed by atoms with Gasteiger partial charge in [0.15, 0.2) is 17.4 Å². The van der Waals surface area contributed by atoms with Crippen molar-refractivity contribution in [1.29, 1.82) is 0 Å². The Hall–Kier alpha value is -0.978. The van der Waals surface area contributed by atoms with Crippen LogP contribution >= 0.6 is 0 Å². The molecule has 19 heavy (non-hydrogen) atoms. The molecule has 1 rings (SSSR count). The fourth-order valence-corrected chi connectivity index (χ4v) is 1.80. The Morgan fingerprint density at radius 3 is 1.79 bits per heavy atom. The molecule has 1 aromatic rings. The number of phenols is 1. The number of carboxylic acid groups (broad SMARTS) is 1. The lowest BCUT2D eigenvalue weighted by atomic mass is 9.79. The summed E-state index contributed by atoms with van der Waals surface area (Å²) in [7, 11) is 0. The summed E-state index contributed by atoms with van der Waals surface area (Å²) in [5, 5.41) is 19.3. The van der Waals surface area contributed by atoms with Gasteiger partial charge in [0.05, 0.1) is 0 Å². The number of rotatable bonds is 1. The number of hydrogen-bond acceptors (Lipinski definition) is 2. The topological polar surface area (TPSA) is 57.5 Å². The number of carboxylic acids is 1. The predicted octanol–water partition coefficient (Wildman–Crippen LogP) is 2.50. The summed E-state index contributed by atoms with van der Waals surface area (Å²) in [5.74, 6) is -1.22. The maximum atomic E-state index is 11.2. The molecule has 0 unspecified atom stereocenters. The van der Waals surface area contributed by atoms with E-state index in [1.807, 2.05) is 47.6 Å². The second kappa shape index (κ2) is 5.57. The van der Waals surface area contributed by atoms with Gasteiger partial charge in [0.2, 0.25) is 0 Å². The predicted molar refractivity (Wildman–Crippen MR) is 82.4 cm³/mol. The first-order valence-corrected chi connectivity index (χ1v) is 6.06. The molecule has 0 aromatic heterocycles. The lowest BCUT2D eigenvalue weighted by molar-refractivity contribution is 0.0693. The summed E-state index contributed by atoms with van der Waals surface area (Å²) in [4.78, 5) is 11.2. The zero-order valence-electron chi connectivity index (χ0n) is 12.0. The monoisotopic (exact) mass is 280 g/mol. The zero-order valence-corrected chi connectivity index (χ0v) is 12.0. The van der Waals surface area contributed by atoms with Crippen molar-refractivity contribution in [2.24, 2.45) is 0 Å². The minimum atomic E-state index is -1.09. The number of aromatic hydroxyl groups is 1. The summed E-state index contributed by atoms with van der Waals surface area (Å²) in [6.45, 7) is 12.0. The van der Waals surface area contributed by atoms with E-state index in [-0.39, 0.29) is 39.5 Å². The highest BCUT2D eigenvalue weighted by atomic mass is 27.0. The first-order chi connectivity index (χ1) is 7.94. The van der Waals surface area contributed by atoms with Crippen molar-refractivity contribution in [2.45, 2.75) is 52.4 Å². The maximum Gasteiger partial charge on any atom is 0.339 e. The third-order valence-electron chi connectivity index (χ3n) is 3.01. The van der Waals surface area contributed by atoms with Crippen molar-refractivity contribution in [1.82, 2.24) is 0 Å². The van der Waals surface area contributed by atoms with Gasteiger partial charge in [-0.3, -0.25) is 0 Å². The summed E-state index contributed by atoms with van der Waals surface area (Å²) < 4.78 is 0. The molecule has 0 aliphatic heterocycles. The van der Waals surface area contributed by atoms with E-state index in [0.717, 1.165) is 5.56 Å². The van der Waals surface area contributed by atoms with Crippen molar-refractivity contribution in [3.8, 4) is 5.75 Å². The van der Waals surface area contributed by atoms with E-state index in [4.69, 9.17) is 0 Å². The smallest absolute Gasteiger partial charge is 0.339 e. The Kier molecular flexibility index (Phi) is 5.28. The highest BCUT2D eigenvalue weighted by Gasteiger charge is 2.26. The van der Waals surface area contributed by atoms with Crippen molar-refractivity contribution in [3.63, 3.8) is 0 Å². The molecule has 0 bridgehead atoms. The molecule has 0 saturated heterocycles. The largest absolute Gasteiger partial charge is 0.507 e. The summed E-state index contributed by atoms with van der Waals surface area (Å²) in [6.07, 6.45) is 0. The minimum absolute atomic E-state index is 0. The van der Waals surface area contributed by atoms with Crippen molar-refractivity contribution >= 4 is 23.3 Å². The van der Waals surface area contributed by atoms with Gasteiger partial charge in [0.1, 0.15) is 11.3 Å². The van der Waals surface area contributed by atoms with Gasteiger partial charge >= 0.3 is 5.97 Å². The molecule has 0 aliphatic rings. The normalized spacial score (nSPS) is 11.9. The van der Waals surface area contributed by atoms with E-state index in [9.17, 15) is 15.0 Å². The molecule has 4 heteroatoms. The quantitative estimate of drug-likeness (QED) is 0.777. The third kappa shape index (κ3) is 3.99. The molecule has 2 N–H and O–H groups in total. The van der Waals surface area contributed by atoms with Crippen LogP contribution in [0.5, 0.6) is 5.75 Å². The molecular weight excluding hydrogens is 255 g/mol. The Balaban J connectivity index is 0.00000324. The zero-order chi connectivity index (χ0) is 14.3. The van der Waals surface area contributed by atoms with Gasteiger partial charge in [-0.25, -0.2) is 4.79 Å².